The molecule has 2 aromatic rings. The molecule has 1 aliphatic carbocycles. The SMILES string of the molecule is COc1cc([C@H]2C(=O)N(C3CCCCC3)CC(=O)N2Cc2ccccc2)ccc1OC(C)C. The minimum Gasteiger partial charge on any atom is -0.493 e. The van der Waals surface area contributed by atoms with Crippen LogP contribution in [0.4, 0.5) is 0 Å². The Hall–Kier alpha value is -3.02. The van der Waals surface area contributed by atoms with Crippen LogP contribution in [0, 0.1) is 0 Å². The molecule has 0 radical (unpaired) electrons. The molecule has 1 saturated heterocycles. The first-order valence-corrected chi connectivity index (χ1v) is 12.0. The standard InChI is InChI=1S/C27H34N2O4/c1-19(2)33-23-15-14-21(16-24(23)32-3)26-27(31)28(22-12-8-5-9-13-22)18-25(30)29(26)17-20-10-6-4-7-11-20/h4,6-7,10-11,14-16,19,22,26H,5,8-9,12-13,17-18H2,1-3H3/t26-/m0/s1. The van der Waals surface area contributed by atoms with E-state index >= 15 is 0 Å². The van der Waals surface area contributed by atoms with Crippen molar-refractivity contribution in [2.75, 3.05) is 13.7 Å². The molecule has 0 N–H and O–H groups in total. The lowest BCUT2D eigenvalue weighted by Gasteiger charge is -2.44. The molecule has 2 fully saturated rings. The second-order valence-corrected chi connectivity index (χ2v) is 9.24. The lowest BCUT2D eigenvalue weighted by molar-refractivity contribution is -0.160. The Kier molecular flexibility index (Phi) is 7.21. The molecule has 0 aromatic heterocycles. The zero-order valence-corrected chi connectivity index (χ0v) is 19.8. The van der Waals surface area contributed by atoms with Crippen LogP contribution in [-0.4, -0.2) is 47.4 Å². The van der Waals surface area contributed by atoms with Crippen molar-refractivity contribution in [3.05, 3.63) is 59.7 Å². The highest BCUT2D eigenvalue weighted by Gasteiger charge is 2.43. The summed E-state index contributed by atoms with van der Waals surface area (Å²) in [5.74, 6) is 1.17. The Labute approximate surface area is 196 Å². The van der Waals surface area contributed by atoms with Gasteiger partial charge in [0.1, 0.15) is 12.6 Å². The third-order valence-corrected chi connectivity index (χ3v) is 6.53. The fourth-order valence-corrected chi connectivity index (χ4v) is 4.94. The average molecular weight is 451 g/mol. The van der Waals surface area contributed by atoms with Gasteiger partial charge in [0.15, 0.2) is 11.5 Å². The minimum absolute atomic E-state index is 0.000914. The molecular weight excluding hydrogens is 416 g/mol. The molecule has 6 nitrogen and oxygen atoms in total. The quantitative estimate of drug-likeness (QED) is 0.612. The fraction of sp³-hybridized carbons (Fsp3) is 0.481. The Balaban J connectivity index is 1.71. The molecule has 6 heteroatoms. The summed E-state index contributed by atoms with van der Waals surface area (Å²) >= 11 is 0. The van der Waals surface area contributed by atoms with Gasteiger partial charge >= 0.3 is 0 Å². The highest BCUT2D eigenvalue weighted by atomic mass is 16.5. The molecule has 1 atom stereocenters. The van der Waals surface area contributed by atoms with Gasteiger partial charge in [0.25, 0.3) is 5.91 Å². The molecule has 176 valence electrons. The number of carbonyl (C=O) groups excluding carboxylic acids is 2. The van der Waals surface area contributed by atoms with Gasteiger partial charge < -0.3 is 19.3 Å². The molecular formula is C27H34N2O4. The summed E-state index contributed by atoms with van der Waals surface area (Å²) in [4.78, 5) is 30.9. The van der Waals surface area contributed by atoms with Gasteiger partial charge in [-0.3, -0.25) is 9.59 Å². The van der Waals surface area contributed by atoms with E-state index in [0.29, 0.717) is 18.0 Å². The summed E-state index contributed by atoms with van der Waals surface area (Å²) < 4.78 is 11.4. The number of piperazine rings is 1. The molecule has 1 heterocycles. The van der Waals surface area contributed by atoms with Crippen LogP contribution in [0.1, 0.15) is 63.1 Å². The molecule has 1 aliphatic heterocycles. The Morgan fingerprint density at radius 3 is 2.36 bits per heavy atom. The summed E-state index contributed by atoms with van der Waals surface area (Å²) in [6.45, 7) is 4.46. The molecule has 2 amide bonds. The first-order chi connectivity index (χ1) is 16.0. The number of benzene rings is 2. The minimum atomic E-state index is -0.685. The van der Waals surface area contributed by atoms with Crippen molar-refractivity contribution in [1.29, 1.82) is 0 Å². The first-order valence-electron chi connectivity index (χ1n) is 12.0. The second kappa shape index (κ2) is 10.3. The molecule has 1 saturated carbocycles. The average Bonchev–Trinajstić information content (AvgIpc) is 2.83. The van der Waals surface area contributed by atoms with Crippen LogP contribution in [0.5, 0.6) is 11.5 Å². The molecule has 0 spiro atoms. The van der Waals surface area contributed by atoms with Crippen molar-refractivity contribution in [2.24, 2.45) is 0 Å². The number of hydrogen-bond donors (Lipinski definition) is 0. The van der Waals surface area contributed by atoms with Gasteiger partial charge in [-0.05, 0) is 49.9 Å². The molecule has 2 aliphatic rings. The largest absolute Gasteiger partial charge is 0.493 e. The number of amides is 2. The van der Waals surface area contributed by atoms with Crippen molar-refractivity contribution in [3.63, 3.8) is 0 Å². The van der Waals surface area contributed by atoms with E-state index in [2.05, 4.69) is 0 Å². The van der Waals surface area contributed by atoms with Crippen LogP contribution in [0.3, 0.4) is 0 Å². The van der Waals surface area contributed by atoms with Crippen LogP contribution < -0.4 is 9.47 Å². The predicted molar refractivity (Wildman–Crippen MR) is 127 cm³/mol. The zero-order valence-electron chi connectivity index (χ0n) is 19.8. The third-order valence-electron chi connectivity index (χ3n) is 6.53. The number of carbonyl (C=O) groups is 2. The van der Waals surface area contributed by atoms with Crippen LogP contribution in [0.15, 0.2) is 48.5 Å². The summed E-state index contributed by atoms with van der Waals surface area (Å²) in [6, 6.07) is 14.9. The van der Waals surface area contributed by atoms with E-state index in [1.807, 2.05) is 67.3 Å². The highest BCUT2D eigenvalue weighted by molar-refractivity contribution is 5.96. The van der Waals surface area contributed by atoms with E-state index in [-0.39, 0.29) is 30.5 Å². The van der Waals surface area contributed by atoms with Crippen LogP contribution >= 0.6 is 0 Å². The molecule has 33 heavy (non-hydrogen) atoms. The maximum Gasteiger partial charge on any atom is 0.250 e. The molecule has 2 aromatic carbocycles. The van der Waals surface area contributed by atoms with Crippen molar-refractivity contribution in [1.82, 2.24) is 9.80 Å². The van der Waals surface area contributed by atoms with E-state index in [0.717, 1.165) is 36.8 Å². The molecule has 0 bridgehead atoms. The van der Waals surface area contributed by atoms with Gasteiger partial charge in [0, 0.05) is 12.6 Å². The van der Waals surface area contributed by atoms with Crippen LogP contribution in [0.25, 0.3) is 0 Å². The van der Waals surface area contributed by atoms with Gasteiger partial charge in [-0.15, -0.1) is 0 Å². The highest BCUT2D eigenvalue weighted by Crippen LogP contribution is 2.37. The van der Waals surface area contributed by atoms with Crippen LogP contribution in [0.2, 0.25) is 0 Å². The number of rotatable bonds is 7. The van der Waals surface area contributed by atoms with Crippen LogP contribution in [-0.2, 0) is 16.1 Å². The lowest BCUT2D eigenvalue weighted by Crippen LogP contribution is -2.58. The second-order valence-electron chi connectivity index (χ2n) is 9.24. The lowest BCUT2D eigenvalue weighted by atomic mass is 9.91. The maximum atomic E-state index is 13.9. The summed E-state index contributed by atoms with van der Waals surface area (Å²) in [5, 5.41) is 0. The van der Waals surface area contributed by atoms with Crippen molar-refractivity contribution < 1.29 is 19.1 Å². The van der Waals surface area contributed by atoms with Gasteiger partial charge in [0.05, 0.1) is 13.2 Å². The molecule has 0 unspecified atom stereocenters. The number of nitrogens with zero attached hydrogens (tertiary/aromatic N) is 2. The van der Waals surface area contributed by atoms with Gasteiger partial charge in [-0.2, -0.15) is 0 Å². The van der Waals surface area contributed by atoms with E-state index in [1.54, 1.807) is 12.0 Å². The topological polar surface area (TPSA) is 59.1 Å². The van der Waals surface area contributed by atoms with Gasteiger partial charge in [0.2, 0.25) is 5.91 Å². The summed E-state index contributed by atoms with van der Waals surface area (Å²) in [7, 11) is 1.59. The monoisotopic (exact) mass is 450 g/mol. The van der Waals surface area contributed by atoms with Gasteiger partial charge in [-0.1, -0.05) is 55.7 Å². The summed E-state index contributed by atoms with van der Waals surface area (Å²) in [6.07, 6.45) is 5.35. The van der Waals surface area contributed by atoms with E-state index in [9.17, 15) is 9.59 Å². The Morgan fingerprint density at radius 2 is 1.70 bits per heavy atom. The molecule has 4 rings (SSSR count). The zero-order chi connectivity index (χ0) is 23.4. The predicted octanol–water partition coefficient (Wildman–Crippen LogP) is 4.73. The maximum absolute atomic E-state index is 13.9. The first kappa shape index (κ1) is 23.1. The van der Waals surface area contributed by atoms with Crippen molar-refractivity contribution in [3.8, 4) is 11.5 Å². The van der Waals surface area contributed by atoms with E-state index in [1.165, 1.54) is 6.42 Å². The third kappa shape index (κ3) is 5.15. The Bertz CT molecular complexity index is 969. The normalized spacial score (nSPS) is 19.8. The number of ether oxygens (including phenoxy) is 2. The fourth-order valence-electron chi connectivity index (χ4n) is 4.94. The van der Waals surface area contributed by atoms with Gasteiger partial charge in [-0.25, -0.2) is 0 Å². The van der Waals surface area contributed by atoms with Crippen molar-refractivity contribution >= 4 is 11.8 Å². The summed E-state index contributed by atoms with van der Waals surface area (Å²) in [5.41, 5.74) is 1.75. The smallest absolute Gasteiger partial charge is 0.250 e. The van der Waals surface area contributed by atoms with E-state index < -0.39 is 6.04 Å². The number of methoxy groups -OCH3 is 1. The Morgan fingerprint density at radius 1 is 0.970 bits per heavy atom. The van der Waals surface area contributed by atoms with E-state index in [4.69, 9.17) is 9.47 Å². The van der Waals surface area contributed by atoms with Crippen molar-refractivity contribution in [2.45, 2.75) is 70.7 Å². The number of hydrogen-bond acceptors (Lipinski definition) is 4.